The van der Waals surface area contributed by atoms with Crippen molar-refractivity contribution >= 4 is 33.2 Å². The highest BCUT2D eigenvalue weighted by atomic mass is 35.5. The normalized spacial score (nSPS) is 18.8. The van der Waals surface area contributed by atoms with Gasteiger partial charge in [0.05, 0.1) is 16.6 Å². The SMILES string of the molecule is CC1N(S(=O)(=O)c2ccc(F)cc2)c2ccc(C(=O)NCc3ccccc3Cl)cc2C12CCNCC2. The Kier molecular flexibility index (Phi) is 6.53. The van der Waals surface area contributed by atoms with Gasteiger partial charge in [0.25, 0.3) is 15.9 Å². The summed E-state index contributed by atoms with van der Waals surface area (Å²) < 4.78 is 42.5. The van der Waals surface area contributed by atoms with Gasteiger partial charge in [-0.3, -0.25) is 9.10 Å². The molecule has 0 aromatic heterocycles. The molecule has 9 heteroatoms. The van der Waals surface area contributed by atoms with Crippen molar-refractivity contribution in [3.8, 4) is 0 Å². The predicted octanol–water partition coefficient (Wildman–Crippen LogP) is 4.63. The van der Waals surface area contributed by atoms with Gasteiger partial charge in [0.1, 0.15) is 5.82 Å². The van der Waals surface area contributed by atoms with E-state index in [0.717, 1.165) is 49.2 Å². The molecule has 3 aromatic carbocycles. The summed E-state index contributed by atoms with van der Waals surface area (Å²) in [5.41, 5.74) is 2.26. The highest BCUT2D eigenvalue weighted by Crippen LogP contribution is 2.52. The Morgan fingerprint density at radius 2 is 1.81 bits per heavy atom. The van der Waals surface area contributed by atoms with E-state index in [4.69, 9.17) is 11.6 Å². The molecule has 1 unspecified atom stereocenters. The summed E-state index contributed by atoms with van der Waals surface area (Å²) in [7, 11) is -3.95. The lowest BCUT2D eigenvalue weighted by atomic mass is 9.70. The van der Waals surface area contributed by atoms with Crippen LogP contribution >= 0.6 is 11.6 Å². The van der Waals surface area contributed by atoms with E-state index in [1.165, 1.54) is 16.4 Å². The minimum atomic E-state index is -3.95. The van der Waals surface area contributed by atoms with Crippen LogP contribution in [-0.2, 0) is 22.0 Å². The molecule has 3 aromatic rings. The number of nitrogens with one attached hydrogen (secondary N) is 2. The third kappa shape index (κ3) is 4.17. The fourth-order valence-corrected chi connectivity index (χ4v) is 7.41. The Labute approximate surface area is 215 Å². The molecule has 2 N–H and O–H groups in total. The second-order valence-electron chi connectivity index (χ2n) is 9.34. The Morgan fingerprint density at radius 3 is 2.50 bits per heavy atom. The number of halogens is 2. The first-order valence-electron chi connectivity index (χ1n) is 11.9. The number of benzene rings is 3. The number of hydrogen-bond donors (Lipinski definition) is 2. The molecule has 2 aliphatic rings. The lowest BCUT2D eigenvalue weighted by molar-refractivity contribution is 0.0950. The largest absolute Gasteiger partial charge is 0.348 e. The number of anilines is 1. The molecule has 0 saturated carbocycles. The van der Waals surface area contributed by atoms with Crippen molar-refractivity contribution in [3.63, 3.8) is 0 Å². The topological polar surface area (TPSA) is 78.5 Å². The van der Waals surface area contributed by atoms with Gasteiger partial charge < -0.3 is 10.6 Å². The summed E-state index contributed by atoms with van der Waals surface area (Å²) in [6.07, 6.45) is 1.47. The summed E-state index contributed by atoms with van der Waals surface area (Å²) in [6.45, 7) is 3.70. The molecule has 36 heavy (non-hydrogen) atoms. The van der Waals surface area contributed by atoms with E-state index in [0.29, 0.717) is 16.3 Å². The van der Waals surface area contributed by atoms with Crippen LogP contribution in [0.1, 0.15) is 41.3 Å². The average Bonchev–Trinajstić information content (AvgIpc) is 3.11. The molecule has 188 valence electrons. The summed E-state index contributed by atoms with van der Waals surface area (Å²) in [4.78, 5) is 13.1. The summed E-state index contributed by atoms with van der Waals surface area (Å²) in [5.74, 6) is -0.750. The zero-order valence-corrected chi connectivity index (χ0v) is 21.4. The van der Waals surface area contributed by atoms with E-state index in [-0.39, 0.29) is 23.4 Å². The van der Waals surface area contributed by atoms with E-state index in [2.05, 4.69) is 10.6 Å². The molecule has 2 heterocycles. The van der Waals surface area contributed by atoms with Crippen LogP contribution in [0.5, 0.6) is 0 Å². The van der Waals surface area contributed by atoms with Crippen LogP contribution in [0.15, 0.2) is 71.6 Å². The molecular weight excluding hydrogens is 501 g/mol. The molecule has 1 atom stereocenters. The van der Waals surface area contributed by atoms with Crippen LogP contribution in [-0.4, -0.2) is 33.5 Å². The average molecular weight is 528 g/mol. The van der Waals surface area contributed by atoms with Gasteiger partial charge in [-0.1, -0.05) is 29.8 Å². The predicted molar refractivity (Wildman–Crippen MR) is 138 cm³/mol. The standard InChI is InChI=1S/C27H27ClFN3O3S/c1-18-27(12-14-30-15-13-27)23-16-19(26(33)31-17-20-4-2-3-5-24(20)28)6-11-25(23)32(18)36(34,35)22-9-7-21(29)8-10-22/h2-11,16,18,30H,12-15,17H2,1H3,(H,31,33). The number of amides is 1. The molecule has 6 nitrogen and oxygen atoms in total. The van der Waals surface area contributed by atoms with Gasteiger partial charge in [-0.15, -0.1) is 0 Å². The first-order chi connectivity index (χ1) is 17.2. The van der Waals surface area contributed by atoms with Gasteiger partial charge in [0, 0.05) is 22.5 Å². The molecule has 1 saturated heterocycles. The number of sulfonamides is 1. The maximum absolute atomic E-state index is 13.8. The van der Waals surface area contributed by atoms with Crippen LogP contribution in [0.2, 0.25) is 5.02 Å². The molecule has 1 spiro atoms. The quantitative estimate of drug-likeness (QED) is 0.507. The van der Waals surface area contributed by atoms with Crippen LogP contribution < -0.4 is 14.9 Å². The molecule has 5 rings (SSSR count). The third-order valence-electron chi connectivity index (χ3n) is 7.45. The fourth-order valence-electron chi connectivity index (χ4n) is 5.46. The van der Waals surface area contributed by atoms with Crippen molar-refractivity contribution in [3.05, 3.63) is 94.3 Å². The number of carbonyl (C=O) groups excluding carboxylic acids is 1. The smallest absolute Gasteiger partial charge is 0.264 e. The second-order valence-corrected chi connectivity index (χ2v) is 11.6. The molecule has 1 amide bonds. The van der Waals surface area contributed by atoms with E-state index >= 15 is 0 Å². The van der Waals surface area contributed by atoms with Crippen LogP contribution in [0.4, 0.5) is 10.1 Å². The summed E-state index contributed by atoms with van der Waals surface area (Å²) in [5, 5.41) is 6.86. The third-order valence-corrected chi connectivity index (χ3v) is 9.71. The van der Waals surface area contributed by atoms with E-state index in [9.17, 15) is 17.6 Å². The van der Waals surface area contributed by atoms with E-state index < -0.39 is 21.3 Å². The Bertz CT molecular complexity index is 1410. The number of fused-ring (bicyclic) bond motifs is 2. The van der Waals surface area contributed by atoms with Gasteiger partial charge in [0.15, 0.2) is 0 Å². The molecule has 0 aliphatic carbocycles. The number of nitrogens with zero attached hydrogens (tertiary/aromatic N) is 1. The van der Waals surface area contributed by atoms with E-state index in [1.54, 1.807) is 18.2 Å². The maximum atomic E-state index is 13.8. The Balaban J connectivity index is 1.52. The molecule has 0 radical (unpaired) electrons. The van der Waals surface area contributed by atoms with Crippen LogP contribution in [0.25, 0.3) is 0 Å². The van der Waals surface area contributed by atoms with Gasteiger partial charge in [0.2, 0.25) is 0 Å². The minimum Gasteiger partial charge on any atom is -0.348 e. The number of rotatable bonds is 5. The fraction of sp³-hybridized carbons (Fsp3) is 0.296. The zero-order valence-electron chi connectivity index (χ0n) is 19.8. The van der Waals surface area contributed by atoms with Gasteiger partial charge >= 0.3 is 0 Å². The molecular formula is C27H27ClFN3O3S. The first-order valence-corrected chi connectivity index (χ1v) is 13.7. The van der Waals surface area contributed by atoms with Crippen LogP contribution in [0.3, 0.4) is 0 Å². The van der Waals surface area contributed by atoms with Crippen molar-refractivity contribution in [2.24, 2.45) is 0 Å². The number of piperidine rings is 1. The summed E-state index contributed by atoms with van der Waals surface area (Å²) in [6, 6.07) is 17.1. The second kappa shape index (κ2) is 9.50. The Hall–Kier alpha value is -2.94. The molecule has 1 fully saturated rings. The van der Waals surface area contributed by atoms with Crippen molar-refractivity contribution in [2.45, 2.75) is 42.7 Å². The summed E-state index contributed by atoms with van der Waals surface area (Å²) >= 11 is 6.22. The molecule has 0 bridgehead atoms. The minimum absolute atomic E-state index is 0.0363. The highest BCUT2D eigenvalue weighted by molar-refractivity contribution is 7.92. The monoisotopic (exact) mass is 527 g/mol. The lowest BCUT2D eigenvalue weighted by Gasteiger charge is -2.40. The van der Waals surface area contributed by atoms with Crippen LogP contribution in [0, 0.1) is 5.82 Å². The number of hydrogen-bond acceptors (Lipinski definition) is 4. The lowest BCUT2D eigenvalue weighted by Crippen LogP contribution is -2.50. The van der Waals surface area contributed by atoms with Gasteiger partial charge in [-0.05, 0) is 92.5 Å². The van der Waals surface area contributed by atoms with E-state index in [1.807, 2.05) is 31.2 Å². The van der Waals surface area contributed by atoms with Gasteiger partial charge in [-0.25, -0.2) is 12.8 Å². The highest BCUT2D eigenvalue weighted by Gasteiger charge is 2.53. The van der Waals surface area contributed by atoms with Gasteiger partial charge in [-0.2, -0.15) is 0 Å². The van der Waals surface area contributed by atoms with Crippen molar-refractivity contribution < 1.29 is 17.6 Å². The van der Waals surface area contributed by atoms with Crippen molar-refractivity contribution in [1.82, 2.24) is 10.6 Å². The number of carbonyl (C=O) groups is 1. The first kappa shape index (κ1) is 24.7. The maximum Gasteiger partial charge on any atom is 0.264 e. The van der Waals surface area contributed by atoms with Crippen molar-refractivity contribution in [1.29, 1.82) is 0 Å². The Morgan fingerprint density at radius 1 is 1.11 bits per heavy atom. The molecule has 2 aliphatic heterocycles. The van der Waals surface area contributed by atoms with Crippen molar-refractivity contribution in [2.75, 3.05) is 17.4 Å². The zero-order chi connectivity index (χ0) is 25.5.